The van der Waals surface area contributed by atoms with Crippen LogP contribution >= 0.6 is 11.6 Å². The van der Waals surface area contributed by atoms with E-state index in [0.717, 1.165) is 5.56 Å². The van der Waals surface area contributed by atoms with Gasteiger partial charge in [-0.25, -0.2) is 0 Å². The van der Waals surface area contributed by atoms with E-state index in [1.807, 2.05) is 6.92 Å². The van der Waals surface area contributed by atoms with Crippen molar-refractivity contribution in [1.82, 2.24) is 10.2 Å². The van der Waals surface area contributed by atoms with Crippen molar-refractivity contribution in [3.8, 4) is 5.75 Å². The van der Waals surface area contributed by atoms with Crippen LogP contribution in [-0.4, -0.2) is 23.2 Å². The third-order valence-corrected chi connectivity index (χ3v) is 2.71. The van der Waals surface area contributed by atoms with Crippen molar-refractivity contribution in [2.24, 2.45) is 0 Å². The number of aromatic nitrogens is 2. The van der Waals surface area contributed by atoms with Gasteiger partial charge in [-0.05, 0) is 25.1 Å². The quantitative estimate of drug-likeness (QED) is 0.896. The fourth-order valence-corrected chi connectivity index (χ4v) is 1.67. The molecule has 1 aromatic carbocycles. The van der Waals surface area contributed by atoms with Crippen LogP contribution in [0, 0.1) is 6.92 Å². The van der Waals surface area contributed by atoms with Crippen molar-refractivity contribution in [3.63, 3.8) is 0 Å². The first kappa shape index (κ1) is 12.4. The van der Waals surface area contributed by atoms with Gasteiger partial charge in [0.1, 0.15) is 11.6 Å². The molecule has 6 heteroatoms. The smallest absolute Gasteiger partial charge is 0.260 e. The number of carbonyl (C=O) groups excluding carboxylic acids is 1. The molecule has 0 spiro atoms. The summed E-state index contributed by atoms with van der Waals surface area (Å²) in [6.45, 7) is 1.85. The number of benzene rings is 1. The number of nitrogens with zero attached hydrogens (tertiary/aromatic N) is 1. The summed E-state index contributed by atoms with van der Waals surface area (Å²) in [7, 11) is 1.49. The van der Waals surface area contributed by atoms with E-state index in [2.05, 4.69) is 15.5 Å². The Labute approximate surface area is 109 Å². The summed E-state index contributed by atoms with van der Waals surface area (Å²) in [5.74, 6) is 0.713. The molecule has 0 bridgehead atoms. The van der Waals surface area contributed by atoms with Crippen molar-refractivity contribution < 1.29 is 9.53 Å². The highest BCUT2D eigenvalue weighted by atomic mass is 35.5. The van der Waals surface area contributed by atoms with Crippen LogP contribution in [0.5, 0.6) is 5.75 Å². The van der Waals surface area contributed by atoms with Crippen LogP contribution in [-0.2, 0) is 0 Å². The number of rotatable bonds is 3. The zero-order chi connectivity index (χ0) is 13.1. The lowest BCUT2D eigenvalue weighted by atomic mass is 10.2. The Hall–Kier alpha value is -2.01. The molecule has 1 amide bonds. The van der Waals surface area contributed by atoms with Crippen LogP contribution in [0.4, 0.5) is 5.82 Å². The fourth-order valence-electron chi connectivity index (χ4n) is 1.51. The normalized spacial score (nSPS) is 10.2. The molecule has 2 rings (SSSR count). The number of nitrogens with one attached hydrogen (secondary N) is 2. The second kappa shape index (κ2) is 5.10. The minimum Gasteiger partial charge on any atom is -0.496 e. The molecule has 0 saturated heterocycles. The van der Waals surface area contributed by atoms with Crippen LogP contribution < -0.4 is 10.1 Å². The molecule has 18 heavy (non-hydrogen) atoms. The van der Waals surface area contributed by atoms with E-state index in [4.69, 9.17) is 16.3 Å². The fraction of sp³-hybridized carbons (Fsp3) is 0.167. The van der Waals surface area contributed by atoms with Crippen LogP contribution in [0.3, 0.4) is 0 Å². The molecule has 0 atom stereocenters. The lowest BCUT2D eigenvalue weighted by Crippen LogP contribution is -2.14. The van der Waals surface area contributed by atoms with Gasteiger partial charge in [0.05, 0.1) is 18.9 Å². The van der Waals surface area contributed by atoms with Crippen molar-refractivity contribution in [2.75, 3.05) is 12.4 Å². The van der Waals surface area contributed by atoms with E-state index < -0.39 is 0 Å². The maximum absolute atomic E-state index is 12.1. The molecule has 5 nitrogen and oxygen atoms in total. The molecular formula is C12H12ClN3O2. The number of aromatic amines is 1. The highest BCUT2D eigenvalue weighted by molar-refractivity contribution is 6.31. The summed E-state index contributed by atoms with van der Waals surface area (Å²) in [5, 5.41) is 9.77. The molecule has 1 heterocycles. The Bertz CT molecular complexity index is 580. The average molecular weight is 266 g/mol. The molecule has 0 saturated carbocycles. The maximum Gasteiger partial charge on any atom is 0.260 e. The van der Waals surface area contributed by atoms with Crippen molar-refractivity contribution >= 4 is 23.3 Å². The predicted octanol–water partition coefficient (Wildman–Crippen LogP) is 2.63. The SMILES string of the molecule is COc1cc(Cl)ccc1C(=O)Nc1[nH]ncc1C. The molecule has 0 radical (unpaired) electrons. The number of hydrogen-bond donors (Lipinski definition) is 2. The Balaban J connectivity index is 2.26. The number of aryl methyl sites for hydroxylation is 1. The summed E-state index contributed by atoms with van der Waals surface area (Å²) in [5.41, 5.74) is 1.27. The number of halogens is 1. The molecule has 2 N–H and O–H groups in total. The molecule has 0 fully saturated rings. The van der Waals surface area contributed by atoms with E-state index in [9.17, 15) is 4.79 Å². The average Bonchev–Trinajstić information content (AvgIpc) is 2.74. The largest absolute Gasteiger partial charge is 0.496 e. The molecule has 0 aliphatic heterocycles. The van der Waals surface area contributed by atoms with Gasteiger partial charge in [0.15, 0.2) is 0 Å². The molecular weight excluding hydrogens is 254 g/mol. The van der Waals surface area contributed by atoms with Crippen LogP contribution in [0.2, 0.25) is 5.02 Å². The Morgan fingerprint density at radius 3 is 2.89 bits per heavy atom. The number of amides is 1. The first-order valence-corrected chi connectivity index (χ1v) is 5.64. The Kier molecular flexibility index (Phi) is 3.53. The van der Waals surface area contributed by atoms with E-state index in [0.29, 0.717) is 22.2 Å². The van der Waals surface area contributed by atoms with E-state index >= 15 is 0 Å². The summed E-state index contributed by atoms with van der Waals surface area (Å²) < 4.78 is 5.13. The number of H-pyrrole nitrogens is 1. The second-order valence-corrected chi connectivity index (χ2v) is 4.16. The van der Waals surface area contributed by atoms with Gasteiger partial charge >= 0.3 is 0 Å². The molecule has 1 aromatic heterocycles. The number of hydrogen-bond acceptors (Lipinski definition) is 3. The Morgan fingerprint density at radius 2 is 2.28 bits per heavy atom. The zero-order valence-electron chi connectivity index (χ0n) is 9.95. The van der Waals surface area contributed by atoms with Crippen LogP contribution in [0.15, 0.2) is 24.4 Å². The summed E-state index contributed by atoms with van der Waals surface area (Å²) in [4.78, 5) is 12.1. The Morgan fingerprint density at radius 1 is 1.50 bits per heavy atom. The van der Waals surface area contributed by atoms with Crippen molar-refractivity contribution in [3.05, 3.63) is 40.5 Å². The zero-order valence-corrected chi connectivity index (χ0v) is 10.7. The molecule has 0 aliphatic rings. The van der Waals surface area contributed by atoms with Gasteiger partial charge in [-0.1, -0.05) is 11.6 Å². The maximum atomic E-state index is 12.1. The van der Waals surface area contributed by atoms with Gasteiger partial charge in [-0.15, -0.1) is 0 Å². The molecule has 94 valence electrons. The van der Waals surface area contributed by atoms with E-state index in [1.54, 1.807) is 24.4 Å². The highest BCUT2D eigenvalue weighted by Crippen LogP contribution is 2.24. The van der Waals surface area contributed by atoms with Crippen LogP contribution in [0.1, 0.15) is 15.9 Å². The van der Waals surface area contributed by atoms with E-state index in [-0.39, 0.29) is 5.91 Å². The summed E-state index contributed by atoms with van der Waals surface area (Å²) in [6, 6.07) is 4.84. The first-order chi connectivity index (χ1) is 8.61. The minimum atomic E-state index is -0.282. The number of ether oxygens (including phenoxy) is 1. The summed E-state index contributed by atoms with van der Waals surface area (Å²) in [6.07, 6.45) is 1.63. The lowest BCUT2D eigenvalue weighted by Gasteiger charge is -2.09. The van der Waals surface area contributed by atoms with Gasteiger partial charge in [0.25, 0.3) is 5.91 Å². The summed E-state index contributed by atoms with van der Waals surface area (Å²) >= 11 is 5.84. The van der Waals surface area contributed by atoms with Gasteiger partial charge in [-0.3, -0.25) is 9.89 Å². The third kappa shape index (κ3) is 2.46. The molecule has 0 aliphatic carbocycles. The van der Waals surface area contributed by atoms with Gasteiger partial charge in [-0.2, -0.15) is 5.10 Å². The second-order valence-electron chi connectivity index (χ2n) is 3.73. The monoisotopic (exact) mass is 265 g/mol. The van der Waals surface area contributed by atoms with Gasteiger partial charge in [0.2, 0.25) is 0 Å². The molecule has 0 unspecified atom stereocenters. The third-order valence-electron chi connectivity index (χ3n) is 2.48. The van der Waals surface area contributed by atoms with Crippen LogP contribution in [0.25, 0.3) is 0 Å². The number of methoxy groups -OCH3 is 1. The number of carbonyl (C=O) groups is 1. The first-order valence-electron chi connectivity index (χ1n) is 5.26. The predicted molar refractivity (Wildman–Crippen MR) is 69.3 cm³/mol. The van der Waals surface area contributed by atoms with Crippen molar-refractivity contribution in [2.45, 2.75) is 6.92 Å². The standard InChI is InChI=1S/C12H12ClN3O2/c1-7-6-14-16-11(7)15-12(17)9-4-3-8(13)5-10(9)18-2/h3-6H,1-2H3,(H2,14,15,16,17). The van der Waals surface area contributed by atoms with E-state index in [1.165, 1.54) is 7.11 Å². The lowest BCUT2D eigenvalue weighted by molar-refractivity contribution is 0.102. The van der Waals surface area contributed by atoms with Gasteiger partial charge in [0, 0.05) is 10.6 Å². The molecule has 2 aromatic rings. The minimum absolute atomic E-state index is 0.282. The number of anilines is 1. The highest BCUT2D eigenvalue weighted by Gasteiger charge is 2.14. The van der Waals surface area contributed by atoms with Crippen molar-refractivity contribution in [1.29, 1.82) is 0 Å². The topological polar surface area (TPSA) is 67.0 Å². The van der Waals surface area contributed by atoms with Gasteiger partial charge < -0.3 is 10.1 Å².